The van der Waals surface area contributed by atoms with Crippen molar-refractivity contribution in [3.05, 3.63) is 60.1 Å². The van der Waals surface area contributed by atoms with Crippen molar-refractivity contribution in [1.82, 2.24) is 10.2 Å². The molecule has 0 radical (unpaired) electrons. The van der Waals surface area contributed by atoms with Gasteiger partial charge in [0.05, 0.1) is 12.8 Å². The number of aliphatic hydroxyl groups excluding tert-OH is 1. The quantitative estimate of drug-likeness (QED) is 0.844. The molecule has 24 heavy (non-hydrogen) atoms. The molecule has 1 aliphatic heterocycles. The molecule has 0 unspecified atom stereocenters. The number of nitrogens with one attached hydrogen (secondary N) is 1. The summed E-state index contributed by atoms with van der Waals surface area (Å²) >= 11 is 0. The fourth-order valence-electron chi connectivity index (χ4n) is 2.84. The molecule has 6 heteroatoms. The highest BCUT2D eigenvalue weighted by Gasteiger charge is 2.32. The lowest BCUT2D eigenvalue weighted by molar-refractivity contribution is -0.136. The van der Waals surface area contributed by atoms with Crippen molar-refractivity contribution in [1.29, 1.82) is 0 Å². The zero-order valence-corrected chi connectivity index (χ0v) is 13.2. The molecule has 126 valence electrons. The third-order valence-corrected chi connectivity index (χ3v) is 4.09. The summed E-state index contributed by atoms with van der Waals surface area (Å²) < 4.78 is 5.21. The molecule has 2 atom stereocenters. The summed E-state index contributed by atoms with van der Waals surface area (Å²) in [6, 6.07) is 12.4. The lowest BCUT2D eigenvalue weighted by atomic mass is 10.1. The average molecular weight is 328 g/mol. The maximum Gasteiger partial charge on any atom is 0.245 e. The number of aliphatic hydroxyl groups is 1. The second kappa shape index (κ2) is 7.31. The molecule has 1 aliphatic rings. The van der Waals surface area contributed by atoms with Crippen LogP contribution in [0.1, 0.15) is 30.3 Å². The molecule has 3 rings (SSSR count). The van der Waals surface area contributed by atoms with E-state index >= 15 is 0 Å². The van der Waals surface area contributed by atoms with E-state index in [-0.39, 0.29) is 18.4 Å². The number of benzene rings is 1. The Kier molecular flexibility index (Phi) is 4.96. The van der Waals surface area contributed by atoms with Crippen molar-refractivity contribution in [2.45, 2.75) is 31.5 Å². The molecule has 0 aliphatic carbocycles. The highest BCUT2D eigenvalue weighted by Crippen LogP contribution is 2.19. The van der Waals surface area contributed by atoms with Crippen molar-refractivity contribution < 1.29 is 19.1 Å². The lowest BCUT2D eigenvalue weighted by Crippen LogP contribution is -2.45. The van der Waals surface area contributed by atoms with Gasteiger partial charge in [0, 0.05) is 13.0 Å². The van der Waals surface area contributed by atoms with Gasteiger partial charge in [0.2, 0.25) is 11.8 Å². The summed E-state index contributed by atoms with van der Waals surface area (Å²) in [5.74, 6) is 0.117. The highest BCUT2D eigenvalue weighted by molar-refractivity contribution is 5.90. The van der Waals surface area contributed by atoms with Crippen LogP contribution >= 0.6 is 0 Å². The molecule has 0 saturated carbocycles. The third kappa shape index (κ3) is 3.83. The van der Waals surface area contributed by atoms with Gasteiger partial charge in [0.1, 0.15) is 17.9 Å². The smallest absolute Gasteiger partial charge is 0.245 e. The number of furan rings is 1. The Labute approximate surface area is 140 Å². The number of carbonyl (C=O) groups is 2. The van der Waals surface area contributed by atoms with E-state index in [1.807, 2.05) is 30.3 Å². The summed E-state index contributed by atoms with van der Waals surface area (Å²) in [6.07, 6.45) is 1.42. The average Bonchev–Trinajstić information content (AvgIpc) is 3.26. The number of amides is 2. The number of carbonyl (C=O) groups excluding carboxylic acids is 2. The zero-order valence-electron chi connectivity index (χ0n) is 13.2. The summed E-state index contributed by atoms with van der Waals surface area (Å²) in [4.78, 5) is 25.7. The fraction of sp³-hybridized carbons (Fsp3) is 0.333. The van der Waals surface area contributed by atoms with E-state index in [4.69, 9.17) is 4.42 Å². The Morgan fingerprint density at radius 3 is 2.71 bits per heavy atom. The van der Waals surface area contributed by atoms with Gasteiger partial charge in [-0.2, -0.15) is 0 Å². The summed E-state index contributed by atoms with van der Waals surface area (Å²) in [7, 11) is 0. The molecule has 6 nitrogen and oxygen atoms in total. The fourth-order valence-corrected chi connectivity index (χ4v) is 2.84. The van der Waals surface area contributed by atoms with Crippen molar-refractivity contribution in [2.75, 3.05) is 6.54 Å². The highest BCUT2D eigenvalue weighted by atomic mass is 16.4. The van der Waals surface area contributed by atoms with Crippen LogP contribution in [0.4, 0.5) is 0 Å². The first-order chi connectivity index (χ1) is 11.6. The standard InChI is InChI=1S/C18H20N2O4/c21-15(16-7-4-10-24-16)12-20(11-13-5-2-1-3-6-13)18(23)14-8-9-17(22)19-14/h1-7,10,14-15,21H,8-9,11-12H2,(H,19,22)/t14-,15+/m1/s1. The van der Waals surface area contributed by atoms with Crippen LogP contribution in [0.15, 0.2) is 53.1 Å². The van der Waals surface area contributed by atoms with Crippen LogP contribution in [-0.4, -0.2) is 34.4 Å². The van der Waals surface area contributed by atoms with Crippen molar-refractivity contribution in [3.8, 4) is 0 Å². The van der Waals surface area contributed by atoms with Gasteiger partial charge in [-0.1, -0.05) is 30.3 Å². The number of rotatable bonds is 6. The van der Waals surface area contributed by atoms with Gasteiger partial charge in [-0.3, -0.25) is 9.59 Å². The van der Waals surface area contributed by atoms with E-state index in [1.165, 1.54) is 6.26 Å². The second-order valence-electron chi connectivity index (χ2n) is 5.89. The Hall–Kier alpha value is -2.60. The van der Waals surface area contributed by atoms with E-state index in [9.17, 15) is 14.7 Å². The van der Waals surface area contributed by atoms with E-state index < -0.39 is 12.1 Å². The minimum atomic E-state index is -0.912. The maximum absolute atomic E-state index is 12.8. The molecule has 0 bridgehead atoms. The number of nitrogens with zero attached hydrogens (tertiary/aromatic N) is 1. The van der Waals surface area contributed by atoms with Gasteiger partial charge < -0.3 is 19.7 Å². The van der Waals surface area contributed by atoms with Gasteiger partial charge in [-0.15, -0.1) is 0 Å². The SMILES string of the molecule is O=C1CC[C@H](C(=O)N(Cc2ccccc2)C[C@H](O)c2ccco2)N1. The summed E-state index contributed by atoms with van der Waals surface area (Å²) in [5, 5.41) is 13.0. The van der Waals surface area contributed by atoms with Crippen LogP contribution < -0.4 is 5.32 Å². The van der Waals surface area contributed by atoms with Crippen molar-refractivity contribution in [2.24, 2.45) is 0 Å². The summed E-state index contributed by atoms with van der Waals surface area (Å²) in [5.41, 5.74) is 0.960. The van der Waals surface area contributed by atoms with Crippen LogP contribution in [0, 0.1) is 0 Å². The maximum atomic E-state index is 12.8. The van der Waals surface area contributed by atoms with Gasteiger partial charge in [0.25, 0.3) is 0 Å². The number of hydrogen-bond donors (Lipinski definition) is 2. The minimum absolute atomic E-state index is 0.105. The topological polar surface area (TPSA) is 82.8 Å². The Morgan fingerprint density at radius 2 is 2.08 bits per heavy atom. The van der Waals surface area contributed by atoms with Crippen LogP contribution in [0.2, 0.25) is 0 Å². The van der Waals surface area contributed by atoms with E-state index in [2.05, 4.69) is 5.32 Å². The van der Waals surface area contributed by atoms with Gasteiger partial charge in [0.15, 0.2) is 0 Å². The van der Waals surface area contributed by atoms with Crippen LogP contribution in [0.3, 0.4) is 0 Å². The van der Waals surface area contributed by atoms with E-state index in [0.717, 1.165) is 5.56 Å². The Bertz CT molecular complexity index is 684. The molecule has 1 aromatic carbocycles. The summed E-state index contributed by atoms with van der Waals surface area (Å²) in [6.45, 7) is 0.470. The third-order valence-electron chi connectivity index (χ3n) is 4.09. The first-order valence-electron chi connectivity index (χ1n) is 7.97. The van der Waals surface area contributed by atoms with Crippen molar-refractivity contribution in [3.63, 3.8) is 0 Å². The molecule has 1 fully saturated rings. The monoisotopic (exact) mass is 328 g/mol. The molecule has 2 aromatic rings. The first kappa shape index (κ1) is 16.3. The van der Waals surface area contributed by atoms with Gasteiger partial charge >= 0.3 is 0 Å². The van der Waals surface area contributed by atoms with Gasteiger partial charge in [-0.25, -0.2) is 0 Å². The Morgan fingerprint density at radius 1 is 1.29 bits per heavy atom. The Balaban J connectivity index is 1.75. The van der Waals surface area contributed by atoms with Crippen LogP contribution in [0.5, 0.6) is 0 Å². The van der Waals surface area contributed by atoms with Crippen molar-refractivity contribution >= 4 is 11.8 Å². The van der Waals surface area contributed by atoms with E-state index in [0.29, 0.717) is 25.1 Å². The normalized spacial score (nSPS) is 18.2. The molecule has 2 heterocycles. The first-order valence-corrected chi connectivity index (χ1v) is 7.97. The largest absolute Gasteiger partial charge is 0.467 e. The zero-order chi connectivity index (χ0) is 16.9. The minimum Gasteiger partial charge on any atom is -0.467 e. The lowest BCUT2D eigenvalue weighted by Gasteiger charge is -2.27. The molecular weight excluding hydrogens is 308 g/mol. The molecule has 0 spiro atoms. The van der Waals surface area contributed by atoms with Crippen LogP contribution in [0.25, 0.3) is 0 Å². The molecule has 2 amide bonds. The number of hydrogen-bond acceptors (Lipinski definition) is 4. The van der Waals surface area contributed by atoms with E-state index in [1.54, 1.807) is 17.0 Å². The second-order valence-corrected chi connectivity index (χ2v) is 5.89. The predicted molar refractivity (Wildman–Crippen MR) is 86.7 cm³/mol. The molecule has 1 aromatic heterocycles. The molecular formula is C18H20N2O4. The molecule has 1 saturated heterocycles. The van der Waals surface area contributed by atoms with Gasteiger partial charge in [-0.05, 0) is 24.1 Å². The van der Waals surface area contributed by atoms with Crippen LogP contribution in [-0.2, 0) is 16.1 Å². The molecule has 2 N–H and O–H groups in total. The predicted octanol–water partition coefficient (Wildman–Crippen LogP) is 1.62.